The number of nitrogens with two attached hydrogens (primary N) is 1. The Balaban J connectivity index is 1.86. The molecule has 0 aliphatic carbocycles. The van der Waals surface area contributed by atoms with Crippen LogP contribution in [0, 0.1) is 0 Å². The van der Waals surface area contributed by atoms with Crippen LogP contribution in [0.2, 0.25) is 0 Å². The van der Waals surface area contributed by atoms with Crippen molar-refractivity contribution < 1.29 is 0 Å². The van der Waals surface area contributed by atoms with Crippen molar-refractivity contribution in [3.63, 3.8) is 0 Å². The van der Waals surface area contributed by atoms with E-state index in [9.17, 15) is 0 Å². The molecule has 0 aliphatic rings. The zero-order valence-electron chi connectivity index (χ0n) is 15.9. The number of unbranched alkanes of at least 4 members (excludes halogenated alkanes) is 3. The highest BCUT2D eigenvalue weighted by Gasteiger charge is 2.16. The maximum atomic E-state index is 6.60. The third-order valence-corrected chi connectivity index (χ3v) is 6.07. The largest absolute Gasteiger partial charge is 0.398 e. The van der Waals surface area contributed by atoms with Gasteiger partial charge in [-0.15, -0.1) is 0 Å². The van der Waals surface area contributed by atoms with Crippen LogP contribution in [0.3, 0.4) is 0 Å². The Bertz CT molecular complexity index is 1260. The molecule has 2 N–H and O–H groups in total. The zero-order chi connectivity index (χ0) is 18.4. The number of hydrogen-bond acceptors (Lipinski definition) is 1. The number of anilines is 1. The molecule has 1 heteroatoms. The zero-order valence-corrected chi connectivity index (χ0v) is 15.9. The molecule has 27 heavy (non-hydrogen) atoms. The van der Waals surface area contributed by atoms with Crippen LogP contribution in [0.1, 0.15) is 38.2 Å². The molecule has 5 aromatic rings. The van der Waals surface area contributed by atoms with Gasteiger partial charge in [0.15, 0.2) is 0 Å². The van der Waals surface area contributed by atoms with Gasteiger partial charge in [-0.3, -0.25) is 0 Å². The minimum absolute atomic E-state index is 0.947. The molecular weight excluding hydrogens is 326 g/mol. The van der Waals surface area contributed by atoms with E-state index in [0.29, 0.717) is 0 Å². The average Bonchev–Trinajstić information content (AvgIpc) is 2.70. The summed E-state index contributed by atoms with van der Waals surface area (Å²) in [6.45, 7) is 2.26. The summed E-state index contributed by atoms with van der Waals surface area (Å²) in [6.07, 6.45) is 6.12. The summed E-state index contributed by atoms with van der Waals surface area (Å²) < 4.78 is 0. The van der Waals surface area contributed by atoms with Gasteiger partial charge in [0.1, 0.15) is 0 Å². The normalized spacial score (nSPS) is 12.0. The van der Waals surface area contributed by atoms with E-state index in [1.54, 1.807) is 0 Å². The quantitative estimate of drug-likeness (QED) is 0.151. The molecule has 0 saturated heterocycles. The maximum absolute atomic E-state index is 6.60. The van der Waals surface area contributed by atoms with E-state index < -0.39 is 0 Å². The number of fused-ring (bicyclic) bond motifs is 2. The van der Waals surface area contributed by atoms with Crippen LogP contribution >= 0.6 is 0 Å². The van der Waals surface area contributed by atoms with Gasteiger partial charge in [-0.05, 0) is 67.6 Å². The summed E-state index contributed by atoms with van der Waals surface area (Å²) in [4.78, 5) is 0. The Morgan fingerprint density at radius 2 is 1.30 bits per heavy atom. The lowest BCUT2D eigenvalue weighted by atomic mass is 9.87. The number of hydrogen-bond donors (Lipinski definition) is 1. The first-order valence-electron chi connectivity index (χ1n) is 10.2. The lowest BCUT2D eigenvalue weighted by molar-refractivity contribution is 0.669. The average molecular weight is 351 g/mol. The van der Waals surface area contributed by atoms with Crippen molar-refractivity contribution in [1.29, 1.82) is 0 Å². The Morgan fingerprint density at radius 3 is 2.04 bits per heavy atom. The number of nitrogen functional groups attached to an aromatic ring is 1. The van der Waals surface area contributed by atoms with Crippen LogP contribution in [-0.4, -0.2) is 0 Å². The third-order valence-electron chi connectivity index (χ3n) is 6.07. The fourth-order valence-electron chi connectivity index (χ4n) is 4.80. The topological polar surface area (TPSA) is 26.0 Å². The smallest absolute Gasteiger partial charge is 0.0359 e. The van der Waals surface area contributed by atoms with Crippen molar-refractivity contribution in [2.24, 2.45) is 0 Å². The van der Waals surface area contributed by atoms with Crippen molar-refractivity contribution in [2.75, 3.05) is 5.73 Å². The fraction of sp³-hybridized carbons (Fsp3) is 0.231. The molecule has 5 aromatic carbocycles. The van der Waals surface area contributed by atoms with Crippen LogP contribution in [0.4, 0.5) is 5.69 Å². The first-order chi connectivity index (χ1) is 13.3. The van der Waals surface area contributed by atoms with E-state index in [2.05, 4.69) is 67.6 Å². The summed E-state index contributed by atoms with van der Waals surface area (Å²) in [5, 5.41) is 10.7. The van der Waals surface area contributed by atoms with Crippen molar-refractivity contribution >= 4 is 48.8 Å². The summed E-state index contributed by atoms with van der Waals surface area (Å²) in [6, 6.07) is 22.2. The highest BCUT2D eigenvalue weighted by Crippen LogP contribution is 2.42. The van der Waals surface area contributed by atoms with Crippen molar-refractivity contribution in [2.45, 2.75) is 39.0 Å². The molecule has 0 fully saturated rings. The molecule has 1 nitrogen and oxygen atoms in total. The van der Waals surface area contributed by atoms with Gasteiger partial charge in [0.25, 0.3) is 0 Å². The van der Waals surface area contributed by atoms with Crippen LogP contribution in [0.15, 0.2) is 60.7 Å². The van der Waals surface area contributed by atoms with Crippen LogP contribution in [-0.2, 0) is 6.42 Å². The Kier molecular flexibility index (Phi) is 3.89. The number of rotatable bonds is 5. The second-order valence-electron chi connectivity index (χ2n) is 7.74. The second-order valence-corrected chi connectivity index (χ2v) is 7.74. The standard InChI is InChI=1S/C26H25N/c1-2-3-4-5-11-18-19-14-8-15-21-20-12-6-9-17-10-7-13-22(25(17)20)23(26(19)21)16-24(18)27/h6-10,12-16H,2-5,11,27H2,1H3. The molecule has 0 amide bonds. The number of aryl methyl sites for hydroxylation is 1. The van der Waals surface area contributed by atoms with E-state index in [1.807, 2.05) is 0 Å². The molecular formula is C26H25N. The number of benzene rings is 5. The Labute approximate surface area is 160 Å². The van der Waals surface area contributed by atoms with Gasteiger partial charge >= 0.3 is 0 Å². The van der Waals surface area contributed by atoms with Crippen molar-refractivity contribution in [3.8, 4) is 0 Å². The highest BCUT2D eigenvalue weighted by molar-refractivity contribution is 6.33. The van der Waals surface area contributed by atoms with Gasteiger partial charge in [0.05, 0.1) is 0 Å². The van der Waals surface area contributed by atoms with E-state index >= 15 is 0 Å². The summed E-state index contributed by atoms with van der Waals surface area (Å²) >= 11 is 0. The Morgan fingerprint density at radius 1 is 0.667 bits per heavy atom. The molecule has 0 aliphatic heterocycles. The minimum atomic E-state index is 0.947. The first kappa shape index (κ1) is 16.4. The van der Waals surface area contributed by atoms with Gasteiger partial charge in [-0.1, -0.05) is 80.8 Å². The van der Waals surface area contributed by atoms with Crippen molar-refractivity contribution in [1.82, 2.24) is 0 Å². The van der Waals surface area contributed by atoms with E-state index in [4.69, 9.17) is 5.73 Å². The van der Waals surface area contributed by atoms with Gasteiger partial charge < -0.3 is 5.73 Å². The predicted molar refractivity (Wildman–Crippen MR) is 120 cm³/mol. The van der Waals surface area contributed by atoms with E-state index in [1.165, 1.54) is 74.3 Å². The maximum Gasteiger partial charge on any atom is 0.0359 e. The molecule has 0 radical (unpaired) electrons. The first-order valence-corrected chi connectivity index (χ1v) is 10.2. The highest BCUT2D eigenvalue weighted by atomic mass is 14.6. The lowest BCUT2D eigenvalue weighted by Crippen LogP contribution is -1.98. The second kappa shape index (κ2) is 6.42. The molecule has 0 saturated carbocycles. The molecule has 0 heterocycles. The Hall–Kier alpha value is -2.80. The van der Waals surface area contributed by atoms with Crippen LogP contribution in [0.5, 0.6) is 0 Å². The molecule has 0 bridgehead atoms. The van der Waals surface area contributed by atoms with Crippen LogP contribution in [0.25, 0.3) is 43.1 Å². The van der Waals surface area contributed by atoms with Crippen molar-refractivity contribution in [3.05, 3.63) is 66.2 Å². The molecule has 0 unspecified atom stereocenters. The van der Waals surface area contributed by atoms with Gasteiger partial charge in [-0.25, -0.2) is 0 Å². The third kappa shape index (κ3) is 2.45. The lowest BCUT2D eigenvalue weighted by Gasteiger charge is -2.18. The fourth-order valence-corrected chi connectivity index (χ4v) is 4.80. The van der Waals surface area contributed by atoms with Crippen LogP contribution < -0.4 is 5.73 Å². The van der Waals surface area contributed by atoms with E-state index in [0.717, 1.165) is 12.1 Å². The van der Waals surface area contributed by atoms with E-state index in [-0.39, 0.29) is 0 Å². The summed E-state index contributed by atoms with van der Waals surface area (Å²) in [5.41, 5.74) is 8.88. The monoisotopic (exact) mass is 351 g/mol. The van der Waals surface area contributed by atoms with Gasteiger partial charge in [0.2, 0.25) is 0 Å². The van der Waals surface area contributed by atoms with Gasteiger partial charge in [-0.2, -0.15) is 0 Å². The van der Waals surface area contributed by atoms with Gasteiger partial charge in [0, 0.05) is 5.69 Å². The minimum Gasteiger partial charge on any atom is -0.398 e. The molecule has 134 valence electrons. The summed E-state index contributed by atoms with van der Waals surface area (Å²) in [5.74, 6) is 0. The molecule has 0 atom stereocenters. The predicted octanol–water partition coefficient (Wildman–Crippen LogP) is 7.44. The molecule has 5 rings (SSSR count). The molecule has 0 spiro atoms. The molecule has 0 aromatic heterocycles. The summed E-state index contributed by atoms with van der Waals surface area (Å²) in [7, 11) is 0. The SMILES string of the molecule is CCCCCCc1c(N)cc2c3cccc4cccc(c5cccc1c52)c43.